The van der Waals surface area contributed by atoms with Crippen LogP contribution in [0, 0.1) is 12.7 Å². The second-order valence-corrected chi connectivity index (χ2v) is 4.05. The Morgan fingerprint density at radius 3 is 2.47 bits per heavy atom. The fraction of sp³-hybridized carbons (Fsp3) is 0.500. The lowest BCUT2D eigenvalue weighted by Gasteiger charge is -2.15. The molecule has 1 aromatic rings. The molecule has 0 saturated heterocycles. The summed E-state index contributed by atoms with van der Waals surface area (Å²) >= 11 is 0. The number of nitrogens with one attached hydrogen (secondary N) is 1. The SMILES string of the molecule is Cc1ccc(C(C)NCCC(F)(F)F)cc1F. The first-order valence-electron chi connectivity index (χ1n) is 5.36. The normalized spacial score (nSPS) is 13.8. The number of rotatable bonds is 4. The molecule has 0 saturated carbocycles. The highest BCUT2D eigenvalue weighted by molar-refractivity contribution is 5.25. The van der Waals surface area contributed by atoms with E-state index in [2.05, 4.69) is 5.32 Å². The lowest BCUT2D eigenvalue weighted by atomic mass is 10.1. The summed E-state index contributed by atoms with van der Waals surface area (Å²) in [6.45, 7) is 3.18. The zero-order valence-corrected chi connectivity index (χ0v) is 9.74. The standard InChI is InChI=1S/C12H15F4N/c1-8-3-4-10(7-11(8)13)9(2)17-6-5-12(14,15)16/h3-4,7,9,17H,5-6H2,1-2H3. The van der Waals surface area contributed by atoms with Gasteiger partial charge in [-0.3, -0.25) is 0 Å². The summed E-state index contributed by atoms with van der Waals surface area (Å²) in [5.41, 5.74) is 1.17. The molecule has 96 valence electrons. The van der Waals surface area contributed by atoms with Gasteiger partial charge >= 0.3 is 6.18 Å². The van der Waals surface area contributed by atoms with Crippen LogP contribution in [0.4, 0.5) is 17.6 Å². The van der Waals surface area contributed by atoms with Crippen LogP contribution < -0.4 is 5.32 Å². The summed E-state index contributed by atoms with van der Waals surface area (Å²) in [6.07, 6.45) is -5.04. The molecule has 1 nitrogen and oxygen atoms in total. The molecular weight excluding hydrogens is 234 g/mol. The Kier molecular flexibility index (Phi) is 4.51. The van der Waals surface area contributed by atoms with Crippen LogP contribution in [-0.2, 0) is 0 Å². The topological polar surface area (TPSA) is 12.0 Å². The molecule has 0 aliphatic carbocycles. The maximum absolute atomic E-state index is 13.2. The molecule has 0 bridgehead atoms. The Morgan fingerprint density at radius 1 is 1.29 bits per heavy atom. The fourth-order valence-corrected chi connectivity index (χ4v) is 1.43. The Balaban J connectivity index is 2.52. The molecule has 1 rings (SSSR count). The highest BCUT2D eigenvalue weighted by atomic mass is 19.4. The van der Waals surface area contributed by atoms with E-state index in [0.29, 0.717) is 11.1 Å². The van der Waals surface area contributed by atoms with Crippen LogP contribution in [0.25, 0.3) is 0 Å². The number of halogens is 4. The minimum atomic E-state index is -4.16. The van der Waals surface area contributed by atoms with Crippen molar-refractivity contribution in [1.82, 2.24) is 5.32 Å². The summed E-state index contributed by atoms with van der Waals surface area (Å²) < 4.78 is 49.0. The van der Waals surface area contributed by atoms with E-state index in [-0.39, 0.29) is 18.4 Å². The van der Waals surface area contributed by atoms with Gasteiger partial charge in [-0.05, 0) is 31.0 Å². The summed E-state index contributed by atoms with van der Waals surface area (Å²) in [7, 11) is 0. The van der Waals surface area contributed by atoms with E-state index in [9.17, 15) is 17.6 Å². The second-order valence-electron chi connectivity index (χ2n) is 4.05. The number of hydrogen-bond acceptors (Lipinski definition) is 1. The molecule has 0 spiro atoms. The van der Waals surface area contributed by atoms with Crippen molar-refractivity contribution in [2.24, 2.45) is 0 Å². The van der Waals surface area contributed by atoms with E-state index in [1.54, 1.807) is 26.0 Å². The first kappa shape index (κ1) is 14.0. The van der Waals surface area contributed by atoms with Crippen LogP contribution >= 0.6 is 0 Å². The predicted octanol–water partition coefficient (Wildman–Crippen LogP) is 3.74. The number of hydrogen-bond donors (Lipinski definition) is 1. The number of alkyl halides is 3. The second kappa shape index (κ2) is 5.49. The van der Waals surface area contributed by atoms with Crippen LogP contribution in [0.5, 0.6) is 0 Å². The number of benzene rings is 1. The Hall–Kier alpha value is -1.10. The van der Waals surface area contributed by atoms with Gasteiger partial charge in [0.2, 0.25) is 0 Å². The summed E-state index contributed by atoms with van der Waals surface area (Å²) in [4.78, 5) is 0. The molecule has 1 atom stereocenters. The smallest absolute Gasteiger partial charge is 0.310 e. The Bertz CT molecular complexity index is 373. The minimum absolute atomic E-state index is 0.167. The van der Waals surface area contributed by atoms with Crippen molar-refractivity contribution in [1.29, 1.82) is 0 Å². The van der Waals surface area contributed by atoms with Crippen LogP contribution in [0.1, 0.15) is 30.5 Å². The van der Waals surface area contributed by atoms with E-state index >= 15 is 0 Å². The molecule has 0 aromatic heterocycles. The third kappa shape index (κ3) is 4.73. The Morgan fingerprint density at radius 2 is 1.94 bits per heavy atom. The number of aryl methyl sites for hydroxylation is 1. The lowest BCUT2D eigenvalue weighted by Crippen LogP contribution is -2.24. The van der Waals surface area contributed by atoms with Crippen molar-refractivity contribution in [2.45, 2.75) is 32.5 Å². The van der Waals surface area contributed by atoms with Crippen molar-refractivity contribution < 1.29 is 17.6 Å². The molecule has 1 unspecified atom stereocenters. The third-order valence-corrected chi connectivity index (χ3v) is 2.55. The molecule has 0 heterocycles. The first-order chi connectivity index (χ1) is 7.79. The summed E-state index contributed by atoms with van der Waals surface area (Å²) in [5, 5.41) is 2.72. The quantitative estimate of drug-likeness (QED) is 0.801. The van der Waals surface area contributed by atoms with Gasteiger partial charge < -0.3 is 5.32 Å². The van der Waals surface area contributed by atoms with Gasteiger partial charge in [0, 0.05) is 12.6 Å². The van der Waals surface area contributed by atoms with Gasteiger partial charge in [-0.15, -0.1) is 0 Å². The largest absolute Gasteiger partial charge is 0.390 e. The molecule has 17 heavy (non-hydrogen) atoms. The van der Waals surface area contributed by atoms with Crippen LogP contribution in [-0.4, -0.2) is 12.7 Å². The van der Waals surface area contributed by atoms with Crippen LogP contribution in [0.3, 0.4) is 0 Å². The highest BCUT2D eigenvalue weighted by Crippen LogP contribution is 2.20. The van der Waals surface area contributed by atoms with Crippen molar-refractivity contribution in [2.75, 3.05) is 6.54 Å². The van der Waals surface area contributed by atoms with Crippen molar-refractivity contribution in [3.8, 4) is 0 Å². The molecular formula is C12H15F4N. The third-order valence-electron chi connectivity index (χ3n) is 2.55. The molecule has 1 aromatic carbocycles. The van der Waals surface area contributed by atoms with Gasteiger partial charge in [0.25, 0.3) is 0 Å². The van der Waals surface area contributed by atoms with Gasteiger partial charge in [-0.2, -0.15) is 13.2 Å². The molecule has 0 aliphatic heterocycles. The molecule has 5 heteroatoms. The average Bonchev–Trinajstić information content (AvgIpc) is 2.20. The van der Waals surface area contributed by atoms with E-state index in [1.807, 2.05) is 0 Å². The monoisotopic (exact) mass is 249 g/mol. The van der Waals surface area contributed by atoms with E-state index < -0.39 is 12.6 Å². The highest BCUT2D eigenvalue weighted by Gasteiger charge is 2.26. The maximum Gasteiger partial charge on any atom is 0.390 e. The summed E-state index contributed by atoms with van der Waals surface area (Å²) in [6, 6.07) is 4.38. The maximum atomic E-state index is 13.2. The van der Waals surface area contributed by atoms with Gasteiger partial charge in [0.15, 0.2) is 0 Å². The lowest BCUT2D eigenvalue weighted by molar-refractivity contribution is -0.133. The minimum Gasteiger partial charge on any atom is -0.310 e. The fourth-order valence-electron chi connectivity index (χ4n) is 1.43. The van der Waals surface area contributed by atoms with E-state index in [0.717, 1.165) is 0 Å². The van der Waals surface area contributed by atoms with Gasteiger partial charge in [0.05, 0.1) is 6.42 Å². The van der Waals surface area contributed by atoms with Crippen molar-refractivity contribution >= 4 is 0 Å². The van der Waals surface area contributed by atoms with Crippen LogP contribution in [0.2, 0.25) is 0 Å². The van der Waals surface area contributed by atoms with Gasteiger partial charge in [-0.25, -0.2) is 4.39 Å². The molecule has 0 aliphatic rings. The zero-order valence-electron chi connectivity index (χ0n) is 9.74. The molecule has 0 fully saturated rings. The Labute approximate surface area is 97.8 Å². The van der Waals surface area contributed by atoms with Crippen LogP contribution in [0.15, 0.2) is 18.2 Å². The molecule has 1 N–H and O–H groups in total. The predicted molar refractivity (Wildman–Crippen MR) is 58.2 cm³/mol. The molecule has 0 amide bonds. The average molecular weight is 249 g/mol. The molecule has 0 radical (unpaired) electrons. The zero-order chi connectivity index (χ0) is 13.1. The van der Waals surface area contributed by atoms with E-state index in [1.165, 1.54) is 6.07 Å². The van der Waals surface area contributed by atoms with Crippen molar-refractivity contribution in [3.63, 3.8) is 0 Å². The summed E-state index contributed by atoms with van der Waals surface area (Å²) in [5.74, 6) is -0.341. The van der Waals surface area contributed by atoms with E-state index in [4.69, 9.17) is 0 Å². The first-order valence-corrected chi connectivity index (χ1v) is 5.36. The van der Waals surface area contributed by atoms with Crippen molar-refractivity contribution in [3.05, 3.63) is 35.1 Å². The van der Waals surface area contributed by atoms with Gasteiger partial charge in [0.1, 0.15) is 5.82 Å². The van der Waals surface area contributed by atoms with Gasteiger partial charge in [-0.1, -0.05) is 12.1 Å².